The second kappa shape index (κ2) is 6.73. The molecule has 0 saturated carbocycles. The van der Waals surface area contributed by atoms with Gasteiger partial charge in [0.15, 0.2) is 5.92 Å². The minimum absolute atomic E-state index is 0.174. The zero-order valence-electron chi connectivity index (χ0n) is 13.3. The number of carbonyl (C=O) groups excluding carboxylic acids is 2. The maximum absolute atomic E-state index is 13.1. The molecule has 0 spiro atoms. The Hall–Kier alpha value is -1.98. The summed E-state index contributed by atoms with van der Waals surface area (Å²) in [5.74, 6) is -0.806. The van der Waals surface area contributed by atoms with Crippen LogP contribution in [0.25, 0.3) is 0 Å². The Morgan fingerprint density at radius 3 is 2.96 bits per heavy atom. The van der Waals surface area contributed by atoms with Crippen molar-refractivity contribution in [3.63, 3.8) is 0 Å². The Labute approximate surface area is 155 Å². The summed E-state index contributed by atoms with van der Waals surface area (Å²) >= 11 is 7.97. The van der Waals surface area contributed by atoms with Crippen LogP contribution >= 0.6 is 23.4 Å². The van der Waals surface area contributed by atoms with Gasteiger partial charge in [-0.1, -0.05) is 54.1 Å². The van der Waals surface area contributed by atoms with E-state index in [9.17, 15) is 9.59 Å². The molecule has 2 heterocycles. The molecule has 0 radical (unpaired) electrons. The number of rotatable bonds is 2. The molecule has 0 N–H and O–H groups in total. The van der Waals surface area contributed by atoms with E-state index in [1.165, 1.54) is 0 Å². The van der Waals surface area contributed by atoms with Crippen molar-refractivity contribution >= 4 is 35.2 Å². The number of esters is 1. The van der Waals surface area contributed by atoms with E-state index in [0.29, 0.717) is 11.6 Å². The van der Waals surface area contributed by atoms with Gasteiger partial charge in [0.25, 0.3) is 0 Å². The van der Waals surface area contributed by atoms with Crippen LogP contribution in [0.1, 0.15) is 10.9 Å². The molecule has 4 rings (SSSR count). The Morgan fingerprint density at radius 1 is 1.28 bits per heavy atom. The quantitative estimate of drug-likeness (QED) is 0.588. The molecule has 2 aliphatic heterocycles. The zero-order valence-corrected chi connectivity index (χ0v) is 14.9. The van der Waals surface area contributed by atoms with Crippen molar-refractivity contribution < 1.29 is 14.3 Å². The molecule has 0 unspecified atom stereocenters. The second-order valence-corrected chi connectivity index (χ2v) is 7.62. The van der Waals surface area contributed by atoms with Gasteiger partial charge in [0.05, 0.1) is 0 Å². The van der Waals surface area contributed by atoms with Crippen molar-refractivity contribution in [3.05, 3.63) is 70.8 Å². The number of ether oxygens (including phenoxy) is 1. The van der Waals surface area contributed by atoms with Gasteiger partial charge < -0.3 is 9.64 Å². The number of hydrogen-bond acceptors (Lipinski definition) is 4. The van der Waals surface area contributed by atoms with Crippen molar-refractivity contribution in [1.82, 2.24) is 4.90 Å². The molecule has 3 aliphatic rings. The van der Waals surface area contributed by atoms with Crippen molar-refractivity contribution in [2.45, 2.75) is 11.5 Å². The maximum Gasteiger partial charge on any atom is 0.323 e. The van der Waals surface area contributed by atoms with Crippen LogP contribution in [0.15, 0.2) is 60.2 Å². The molecule has 1 aromatic carbocycles. The van der Waals surface area contributed by atoms with Crippen LogP contribution in [0.4, 0.5) is 0 Å². The molecule has 1 aromatic rings. The lowest BCUT2D eigenvalue weighted by Crippen LogP contribution is -2.42. The van der Waals surface area contributed by atoms with Crippen molar-refractivity contribution in [3.8, 4) is 0 Å². The van der Waals surface area contributed by atoms with Crippen LogP contribution in [0.5, 0.6) is 0 Å². The number of thioether (sulfide) groups is 1. The van der Waals surface area contributed by atoms with E-state index >= 15 is 0 Å². The highest BCUT2D eigenvalue weighted by molar-refractivity contribution is 7.99. The standard InChI is InChI=1S/C19H16ClNO3S/c20-15-7-3-2-6-13(15)18-21(9-10-25-18)17(22)14-11-12-5-1-4-8-16(12)24-19(14)23/h1-8,11,14,16,18H,9-10H2/t14-,16-,18-/m1/s1. The SMILES string of the molecule is O=C1O[C@@H]2C=CC=CC2=C[C@@H]1C(=O)N1CCS[C@@H]1c1ccccc1Cl. The minimum atomic E-state index is -0.897. The number of nitrogens with zero attached hydrogens (tertiary/aromatic N) is 1. The van der Waals surface area contributed by atoms with Gasteiger partial charge in [0.2, 0.25) is 5.91 Å². The molecule has 1 saturated heterocycles. The van der Waals surface area contributed by atoms with Crippen molar-refractivity contribution in [2.24, 2.45) is 5.92 Å². The molecule has 1 aliphatic carbocycles. The fourth-order valence-electron chi connectivity index (χ4n) is 3.23. The first-order valence-corrected chi connectivity index (χ1v) is 9.51. The van der Waals surface area contributed by atoms with Crippen LogP contribution in [0, 0.1) is 5.92 Å². The van der Waals surface area contributed by atoms with Crippen LogP contribution in [0.3, 0.4) is 0 Å². The highest BCUT2D eigenvalue weighted by atomic mass is 35.5. The number of amides is 1. The highest BCUT2D eigenvalue weighted by Crippen LogP contribution is 2.42. The Bertz CT molecular complexity index is 817. The molecule has 1 fully saturated rings. The molecule has 25 heavy (non-hydrogen) atoms. The highest BCUT2D eigenvalue weighted by Gasteiger charge is 2.41. The summed E-state index contributed by atoms with van der Waals surface area (Å²) < 4.78 is 5.42. The fourth-order valence-corrected chi connectivity index (χ4v) is 4.84. The first-order valence-electron chi connectivity index (χ1n) is 8.09. The van der Waals surface area contributed by atoms with E-state index in [0.717, 1.165) is 16.9 Å². The second-order valence-electron chi connectivity index (χ2n) is 6.02. The van der Waals surface area contributed by atoms with Gasteiger partial charge in [-0.15, -0.1) is 11.8 Å². The van der Waals surface area contributed by atoms with Gasteiger partial charge in [-0.25, -0.2) is 0 Å². The number of halogens is 1. The van der Waals surface area contributed by atoms with Crippen molar-refractivity contribution in [2.75, 3.05) is 12.3 Å². The lowest BCUT2D eigenvalue weighted by Gasteiger charge is -2.31. The van der Waals surface area contributed by atoms with Crippen LogP contribution in [0.2, 0.25) is 5.02 Å². The summed E-state index contributed by atoms with van der Waals surface area (Å²) in [6, 6.07) is 7.51. The lowest BCUT2D eigenvalue weighted by atomic mass is 9.94. The third kappa shape index (κ3) is 3.02. The summed E-state index contributed by atoms with van der Waals surface area (Å²) in [5, 5.41) is 0.455. The average molecular weight is 374 g/mol. The Kier molecular flexibility index (Phi) is 4.44. The summed E-state index contributed by atoms with van der Waals surface area (Å²) in [4.78, 5) is 27.1. The monoisotopic (exact) mass is 373 g/mol. The topological polar surface area (TPSA) is 46.6 Å². The molecule has 1 amide bonds. The first kappa shape index (κ1) is 16.5. The van der Waals surface area contributed by atoms with Crippen LogP contribution < -0.4 is 0 Å². The van der Waals surface area contributed by atoms with Gasteiger partial charge in [-0.3, -0.25) is 9.59 Å². The van der Waals surface area contributed by atoms with Crippen LogP contribution in [-0.4, -0.2) is 35.2 Å². The van der Waals surface area contributed by atoms with E-state index in [-0.39, 0.29) is 17.4 Å². The van der Waals surface area contributed by atoms with E-state index in [4.69, 9.17) is 16.3 Å². The van der Waals surface area contributed by atoms with E-state index < -0.39 is 11.9 Å². The molecule has 128 valence electrons. The van der Waals surface area contributed by atoms with Gasteiger partial charge >= 0.3 is 5.97 Å². The summed E-state index contributed by atoms with van der Waals surface area (Å²) in [6.45, 7) is 0.589. The third-order valence-corrected chi connectivity index (χ3v) is 6.07. The largest absolute Gasteiger partial charge is 0.452 e. The Balaban J connectivity index is 1.62. The normalized spacial score (nSPS) is 27.7. The maximum atomic E-state index is 13.1. The van der Waals surface area contributed by atoms with E-state index in [1.54, 1.807) is 22.7 Å². The Morgan fingerprint density at radius 2 is 2.12 bits per heavy atom. The smallest absolute Gasteiger partial charge is 0.323 e. The molecular weight excluding hydrogens is 358 g/mol. The predicted octanol–water partition coefficient (Wildman–Crippen LogP) is 3.51. The molecule has 0 bridgehead atoms. The molecule has 0 aromatic heterocycles. The van der Waals surface area contributed by atoms with Gasteiger partial charge in [0, 0.05) is 22.9 Å². The lowest BCUT2D eigenvalue weighted by molar-refractivity contribution is -0.156. The minimum Gasteiger partial charge on any atom is -0.452 e. The average Bonchev–Trinajstić information content (AvgIpc) is 3.10. The van der Waals surface area contributed by atoms with E-state index in [2.05, 4.69) is 0 Å². The summed E-state index contributed by atoms with van der Waals surface area (Å²) in [6.07, 6.45) is 8.74. The molecular formula is C19H16ClNO3S. The number of benzene rings is 1. The number of hydrogen-bond donors (Lipinski definition) is 0. The molecule has 3 atom stereocenters. The van der Waals surface area contributed by atoms with Crippen LogP contribution in [-0.2, 0) is 14.3 Å². The molecule has 4 nitrogen and oxygen atoms in total. The first-order chi connectivity index (χ1) is 12.1. The van der Waals surface area contributed by atoms with Gasteiger partial charge in [-0.05, 0) is 17.7 Å². The zero-order chi connectivity index (χ0) is 17.4. The fraction of sp³-hybridized carbons (Fsp3) is 0.263. The van der Waals surface area contributed by atoms with Gasteiger partial charge in [0.1, 0.15) is 11.5 Å². The number of allylic oxidation sites excluding steroid dienone is 2. The summed E-state index contributed by atoms with van der Waals surface area (Å²) in [7, 11) is 0. The predicted molar refractivity (Wildman–Crippen MR) is 98.1 cm³/mol. The van der Waals surface area contributed by atoms with E-state index in [1.807, 2.05) is 48.6 Å². The van der Waals surface area contributed by atoms with Crippen molar-refractivity contribution in [1.29, 1.82) is 0 Å². The number of carbonyl (C=O) groups is 2. The third-order valence-electron chi connectivity index (χ3n) is 4.48. The summed E-state index contributed by atoms with van der Waals surface area (Å²) in [5.41, 5.74) is 1.75. The van der Waals surface area contributed by atoms with Gasteiger partial charge in [-0.2, -0.15) is 0 Å². The number of fused-ring (bicyclic) bond motifs is 1. The molecule has 6 heteroatoms.